The number of benzene rings is 1. The molecular weight excluding hydrogens is 284 g/mol. The number of nitrogens with zero attached hydrogens (tertiary/aromatic N) is 2. The first kappa shape index (κ1) is 13.9. The Bertz CT molecular complexity index is 796. The molecule has 4 N–H and O–H groups in total. The van der Waals surface area contributed by atoms with Crippen LogP contribution in [0.3, 0.4) is 0 Å². The Morgan fingerprint density at radius 1 is 1.45 bits per heavy atom. The summed E-state index contributed by atoms with van der Waals surface area (Å²) in [5.74, 6) is -1.15. The van der Waals surface area contributed by atoms with E-state index in [1.807, 2.05) is 0 Å². The van der Waals surface area contributed by atoms with E-state index in [0.717, 1.165) is 11.8 Å². The summed E-state index contributed by atoms with van der Waals surface area (Å²) >= 11 is 1.04. The number of aromatic carboxylic acids is 1. The van der Waals surface area contributed by atoms with Gasteiger partial charge < -0.3 is 10.8 Å². The highest BCUT2D eigenvalue weighted by Gasteiger charge is 2.11. The molecule has 2 aromatic rings. The fourth-order valence-corrected chi connectivity index (χ4v) is 2.28. The highest BCUT2D eigenvalue weighted by atomic mass is 32.2. The summed E-state index contributed by atoms with van der Waals surface area (Å²) in [5, 5.41) is 11.5. The van der Waals surface area contributed by atoms with Crippen LogP contribution in [-0.2, 0) is 7.05 Å². The standard InChI is InChI=1S/C11H10N4O4S/c1-15-11(13-8(16)9(17)14-15)20-5-2-3-7(12)6(4-5)10(18)19/h2-4H,12H2,1H3,(H,14,17)(H,18,19). The van der Waals surface area contributed by atoms with Crippen molar-refractivity contribution < 1.29 is 9.90 Å². The van der Waals surface area contributed by atoms with Crippen molar-refractivity contribution in [2.45, 2.75) is 10.1 Å². The van der Waals surface area contributed by atoms with Crippen LogP contribution in [0, 0.1) is 0 Å². The average Bonchev–Trinajstić information content (AvgIpc) is 2.37. The lowest BCUT2D eigenvalue weighted by atomic mass is 10.2. The van der Waals surface area contributed by atoms with E-state index in [0.29, 0.717) is 4.90 Å². The third-order valence-corrected chi connectivity index (χ3v) is 3.45. The number of rotatable bonds is 3. The van der Waals surface area contributed by atoms with Gasteiger partial charge in [0, 0.05) is 17.6 Å². The molecule has 9 heteroatoms. The van der Waals surface area contributed by atoms with Crippen molar-refractivity contribution in [3.8, 4) is 0 Å². The fraction of sp³-hybridized carbons (Fsp3) is 0.0909. The zero-order chi connectivity index (χ0) is 14.9. The Hall–Kier alpha value is -2.55. The molecule has 104 valence electrons. The molecule has 0 bridgehead atoms. The second-order valence-electron chi connectivity index (χ2n) is 3.86. The normalized spacial score (nSPS) is 10.4. The number of H-pyrrole nitrogens is 1. The van der Waals surface area contributed by atoms with Gasteiger partial charge in [-0.05, 0) is 18.2 Å². The van der Waals surface area contributed by atoms with Gasteiger partial charge in [0.25, 0.3) is 0 Å². The Labute approximate surface area is 116 Å². The van der Waals surface area contributed by atoms with E-state index in [4.69, 9.17) is 10.8 Å². The van der Waals surface area contributed by atoms with Crippen molar-refractivity contribution in [1.82, 2.24) is 14.8 Å². The highest BCUT2D eigenvalue weighted by molar-refractivity contribution is 7.99. The first-order valence-electron chi connectivity index (χ1n) is 5.36. The van der Waals surface area contributed by atoms with E-state index in [1.54, 1.807) is 6.07 Å². The summed E-state index contributed by atoms with van der Waals surface area (Å²) in [6.07, 6.45) is 0. The van der Waals surface area contributed by atoms with Gasteiger partial charge in [0.05, 0.1) is 5.56 Å². The largest absolute Gasteiger partial charge is 0.478 e. The molecule has 0 unspecified atom stereocenters. The minimum atomic E-state index is -1.15. The van der Waals surface area contributed by atoms with Crippen molar-refractivity contribution in [2.75, 3.05) is 5.73 Å². The minimum absolute atomic E-state index is 0.0376. The summed E-state index contributed by atoms with van der Waals surface area (Å²) < 4.78 is 1.28. The quantitative estimate of drug-likeness (QED) is 0.532. The second kappa shape index (κ2) is 5.21. The molecule has 8 nitrogen and oxygen atoms in total. The number of anilines is 1. The lowest BCUT2D eigenvalue weighted by Gasteiger charge is -2.07. The predicted molar refractivity (Wildman–Crippen MR) is 72.0 cm³/mol. The summed E-state index contributed by atoms with van der Waals surface area (Å²) in [4.78, 5) is 37.4. The molecule has 0 aliphatic carbocycles. The Morgan fingerprint density at radius 3 is 2.80 bits per heavy atom. The monoisotopic (exact) mass is 294 g/mol. The number of aromatic amines is 1. The van der Waals surface area contributed by atoms with Crippen molar-refractivity contribution in [3.63, 3.8) is 0 Å². The van der Waals surface area contributed by atoms with E-state index < -0.39 is 17.1 Å². The van der Waals surface area contributed by atoms with Crippen LogP contribution in [0.4, 0.5) is 5.69 Å². The molecule has 0 amide bonds. The first-order valence-corrected chi connectivity index (χ1v) is 6.18. The molecule has 2 rings (SSSR count). The molecule has 0 radical (unpaired) electrons. The third-order valence-electron chi connectivity index (χ3n) is 2.41. The van der Waals surface area contributed by atoms with Crippen LogP contribution >= 0.6 is 11.8 Å². The molecule has 0 saturated carbocycles. The molecule has 1 heterocycles. The summed E-state index contributed by atoms with van der Waals surface area (Å²) in [6, 6.07) is 4.43. The van der Waals surface area contributed by atoms with Crippen molar-refractivity contribution in [1.29, 1.82) is 0 Å². The molecule has 0 saturated heterocycles. The van der Waals surface area contributed by atoms with Gasteiger partial charge in [0.1, 0.15) is 0 Å². The van der Waals surface area contributed by atoms with Crippen LogP contribution in [-0.4, -0.2) is 25.8 Å². The highest BCUT2D eigenvalue weighted by Crippen LogP contribution is 2.27. The number of hydrogen-bond acceptors (Lipinski definition) is 6. The third kappa shape index (κ3) is 2.72. The van der Waals surface area contributed by atoms with Crippen LogP contribution in [0.2, 0.25) is 0 Å². The number of nitrogens with one attached hydrogen (secondary N) is 1. The number of carboxylic acids is 1. The molecule has 0 aliphatic heterocycles. The van der Waals surface area contributed by atoms with E-state index in [2.05, 4.69) is 10.1 Å². The van der Waals surface area contributed by atoms with Gasteiger partial charge in [0.15, 0.2) is 5.16 Å². The van der Waals surface area contributed by atoms with E-state index >= 15 is 0 Å². The molecule has 1 aromatic carbocycles. The number of nitrogen functional groups attached to an aromatic ring is 1. The lowest BCUT2D eigenvalue weighted by Crippen LogP contribution is -2.33. The van der Waals surface area contributed by atoms with Crippen LogP contribution in [0.1, 0.15) is 10.4 Å². The number of carboxylic acid groups (broad SMARTS) is 1. The maximum atomic E-state index is 11.2. The molecule has 0 aliphatic rings. The predicted octanol–water partition coefficient (Wildman–Crippen LogP) is -0.0998. The molecule has 1 aromatic heterocycles. The SMILES string of the molecule is Cn1[nH]c(=O)c(=O)nc1Sc1ccc(N)c(C(=O)O)c1. The Kier molecular flexibility index (Phi) is 3.61. The summed E-state index contributed by atoms with van der Waals surface area (Å²) in [6.45, 7) is 0. The second-order valence-corrected chi connectivity index (χ2v) is 4.90. The number of nitrogens with two attached hydrogens (primary N) is 1. The van der Waals surface area contributed by atoms with Gasteiger partial charge in [-0.2, -0.15) is 4.98 Å². The summed E-state index contributed by atoms with van der Waals surface area (Å²) in [7, 11) is 1.52. The van der Waals surface area contributed by atoms with Crippen molar-refractivity contribution in [2.24, 2.45) is 7.05 Å². The molecule has 0 spiro atoms. The number of aryl methyl sites for hydroxylation is 1. The Balaban J connectivity index is 2.43. The molecule has 0 atom stereocenters. The number of aromatic nitrogens is 3. The van der Waals surface area contributed by atoms with Crippen LogP contribution < -0.4 is 16.9 Å². The van der Waals surface area contributed by atoms with Crippen LogP contribution in [0.15, 0.2) is 37.8 Å². The number of carbonyl (C=O) groups is 1. The molecular formula is C11H10N4O4S. The van der Waals surface area contributed by atoms with Gasteiger partial charge in [-0.15, -0.1) is 0 Å². The maximum absolute atomic E-state index is 11.2. The smallest absolute Gasteiger partial charge is 0.339 e. The number of hydrogen-bond donors (Lipinski definition) is 3. The average molecular weight is 294 g/mol. The maximum Gasteiger partial charge on any atom is 0.339 e. The van der Waals surface area contributed by atoms with E-state index in [1.165, 1.54) is 23.9 Å². The minimum Gasteiger partial charge on any atom is -0.478 e. The van der Waals surface area contributed by atoms with Crippen LogP contribution in [0.25, 0.3) is 0 Å². The first-order chi connectivity index (χ1) is 9.38. The fourth-order valence-electron chi connectivity index (χ4n) is 1.44. The van der Waals surface area contributed by atoms with Gasteiger partial charge in [-0.3, -0.25) is 19.4 Å². The lowest BCUT2D eigenvalue weighted by molar-refractivity contribution is 0.0698. The molecule has 20 heavy (non-hydrogen) atoms. The van der Waals surface area contributed by atoms with Gasteiger partial charge >= 0.3 is 17.1 Å². The van der Waals surface area contributed by atoms with E-state index in [9.17, 15) is 14.4 Å². The zero-order valence-corrected chi connectivity index (χ0v) is 11.1. The van der Waals surface area contributed by atoms with Gasteiger partial charge in [-0.1, -0.05) is 11.8 Å². The van der Waals surface area contributed by atoms with Gasteiger partial charge in [-0.25, -0.2) is 4.79 Å². The molecule has 0 fully saturated rings. The topological polar surface area (TPSA) is 131 Å². The van der Waals surface area contributed by atoms with Crippen molar-refractivity contribution in [3.05, 3.63) is 44.5 Å². The van der Waals surface area contributed by atoms with Crippen LogP contribution in [0.5, 0.6) is 0 Å². The zero-order valence-electron chi connectivity index (χ0n) is 10.3. The van der Waals surface area contributed by atoms with E-state index in [-0.39, 0.29) is 16.4 Å². The summed E-state index contributed by atoms with van der Waals surface area (Å²) in [5.41, 5.74) is 3.93. The van der Waals surface area contributed by atoms with Gasteiger partial charge in [0.2, 0.25) is 0 Å². The van der Waals surface area contributed by atoms with Crippen molar-refractivity contribution >= 4 is 23.4 Å². The Morgan fingerprint density at radius 2 is 2.15 bits per heavy atom.